The van der Waals surface area contributed by atoms with Crippen LogP contribution in [0.25, 0.3) is 0 Å². The third kappa shape index (κ3) is 1.81. The maximum Gasteiger partial charge on any atom is 0.0487 e. The molecule has 1 aromatic carbocycles. The molecule has 0 amide bonds. The minimum atomic E-state index is 0.182. The van der Waals surface area contributed by atoms with Gasteiger partial charge in [-0.25, -0.2) is 0 Å². The van der Waals surface area contributed by atoms with E-state index in [4.69, 9.17) is 0 Å². The lowest BCUT2D eigenvalue weighted by Gasteiger charge is -2.17. The van der Waals surface area contributed by atoms with Crippen molar-refractivity contribution in [2.75, 3.05) is 6.61 Å². The van der Waals surface area contributed by atoms with Crippen molar-refractivity contribution < 1.29 is 5.11 Å². The van der Waals surface area contributed by atoms with Crippen molar-refractivity contribution in [3.63, 3.8) is 0 Å². The number of benzene rings is 1. The predicted octanol–water partition coefficient (Wildman–Crippen LogP) is 3.12. The van der Waals surface area contributed by atoms with E-state index < -0.39 is 0 Å². The highest BCUT2D eigenvalue weighted by Crippen LogP contribution is 2.58. The second-order valence-electron chi connectivity index (χ2n) is 5.27. The SMILES string of the molecule is Cc1ccccc1[C@@H](C)[C@@H]1C[C@@]1(C)CO. The molecule has 1 N–H and O–H groups in total. The molecule has 0 unspecified atom stereocenters. The summed E-state index contributed by atoms with van der Waals surface area (Å²) in [6, 6.07) is 8.59. The molecule has 0 saturated heterocycles. The van der Waals surface area contributed by atoms with Gasteiger partial charge in [-0.2, -0.15) is 0 Å². The van der Waals surface area contributed by atoms with Gasteiger partial charge in [0.1, 0.15) is 0 Å². The average Bonchev–Trinajstić information content (AvgIpc) is 2.92. The second kappa shape index (κ2) is 3.64. The van der Waals surface area contributed by atoms with Crippen LogP contribution < -0.4 is 0 Å². The van der Waals surface area contributed by atoms with E-state index in [2.05, 4.69) is 45.0 Å². The molecule has 82 valence electrons. The van der Waals surface area contributed by atoms with Gasteiger partial charge in [-0.15, -0.1) is 0 Å². The third-order valence-corrected chi connectivity index (χ3v) is 4.07. The molecule has 1 aliphatic rings. The third-order valence-electron chi connectivity index (χ3n) is 4.07. The number of hydrogen-bond acceptors (Lipinski definition) is 1. The highest BCUT2D eigenvalue weighted by Gasteiger charge is 2.52. The maximum absolute atomic E-state index is 9.30. The Labute approximate surface area is 92.1 Å². The highest BCUT2D eigenvalue weighted by atomic mass is 16.3. The zero-order valence-electron chi connectivity index (χ0n) is 9.83. The van der Waals surface area contributed by atoms with Gasteiger partial charge in [0.2, 0.25) is 0 Å². The van der Waals surface area contributed by atoms with Crippen LogP contribution in [0.15, 0.2) is 24.3 Å². The molecule has 2 rings (SSSR count). The van der Waals surface area contributed by atoms with Gasteiger partial charge in [-0.1, -0.05) is 38.1 Å². The summed E-state index contributed by atoms with van der Waals surface area (Å²) in [7, 11) is 0. The van der Waals surface area contributed by atoms with Crippen LogP contribution in [0.5, 0.6) is 0 Å². The molecule has 0 radical (unpaired) electrons. The second-order valence-corrected chi connectivity index (χ2v) is 5.27. The topological polar surface area (TPSA) is 20.2 Å². The molecule has 0 heterocycles. The summed E-state index contributed by atoms with van der Waals surface area (Å²) >= 11 is 0. The van der Waals surface area contributed by atoms with Crippen LogP contribution in [0, 0.1) is 18.3 Å². The van der Waals surface area contributed by atoms with Crippen LogP contribution >= 0.6 is 0 Å². The number of rotatable bonds is 3. The summed E-state index contributed by atoms with van der Waals surface area (Å²) in [5.74, 6) is 1.23. The first kappa shape index (κ1) is 10.7. The van der Waals surface area contributed by atoms with Gasteiger partial charge in [0.15, 0.2) is 0 Å². The molecule has 1 heteroatoms. The molecule has 0 aliphatic heterocycles. The number of aliphatic hydroxyl groups is 1. The maximum atomic E-state index is 9.30. The zero-order chi connectivity index (χ0) is 11.1. The van der Waals surface area contributed by atoms with Gasteiger partial charge in [0, 0.05) is 6.61 Å². The standard InChI is InChI=1S/C14H20O/c1-10-6-4-5-7-12(10)11(2)13-8-14(13,3)9-15/h4-7,11,13,15H,8-9H2,1-3H3/t11-,13+,14+/m1/s1. The van der Waals surface area contributed by atoms with Gasteiger partial charge >= 0.3 is 0 Å². The van der Waals surface area contributed by atoms with Crippen molar-refractivity contribution in [2.45, 2.75) is 33.1 Å². The Morgan fingerprint density at radius 3 is 2.67 bits per heavy atom. The highest BCUT2D eigenvalue weighted by molar-refractivity contribution is 5.31. The van der Waals surface area contributed by atoms with E-state index in [0.717, 1.165) is 0 Å². The summed E-state index contributed by atoms with van der Waals surface area (Å²) in [5.41, 5.74) is 3.00. The number of hydrogen-bond donors (Lipinski definition) is 1. The molecular formula is C14H20O. The minimum absolute atomic E-state index is 0.182. The van der Waals surface area contributed by atoms with E-state index in [0.29, 0.717) is 18.4 Å². The first-order chi connectivity index (χ1) is 7.08. The fourth-order valence-electron chi connectivity index (χ4n) is 2.72. The molecule has 1 aromatic rings. The smallest absolute Gasteiger partial charge is 0.0487 e. The van der Waals surface area contributed by atoms with Crippen molar-refractivity contribution in [1.82, 2.24) is 0 Å². The molecule has 0 spiro atoms. The van der Waals surface area contributed by atoms with Crippen molar-refractivity contribution in [2.24, 2.45) is 11.3 Å². The van der Waals surface area contributed by atoms with Crippen molar-refractivity contribution >= 4 is 0 Å². The Morgan fingerprint density at radius 2 is 2.13 bits per heavy atom. The van der Waals surface area contributed by atoms with E-state index >= 15 is 0 Å². The summed E-state index contributed by atoms with van der Waals surface area (Å²) in [5, 5.41) is 9.30. The predicted molar refractivity (Wildman–Crippen MR) is 62.9 cm³/mol. The summed E-state index contributed by atoms with van der Waals surface area (Å²) < 4.78 is 0. The fraction of sp³-hybridized carbons (Fsp3) is 0.571. The fourth-order valence-corrected chi connectivity index (χ4v) is 2.72. The van der Waals surface area contributed by atoms with Gasteiger partial charge in [0.05, 0.1) is 0 Å². The van der Waals surface area contributed by atoms with Gasteiger partial charge in [-0.05, 0) is 41.7 Å². The van der Waals surface area contributed by atoms with Crippen LogP contribution in [0.1, 0.15) is 37.3 Å². The van der Waals surface area contributed by atoms with E-state index in [9.17, 15) is 5.11 Å². The van der Waals surface area contributed by atoms with Gasteiger partial charge in [0.25, 0.3) is 0 Å². The van der Waals surface area contributed by atoms with Crippen LogP contribution in [-0.2, 0) is 0 Å². The van der Waals surface area contributed by atoms with E-state index in [-0.39, 0.29) is 5.41 Å². The number of aryl methyl sites for hydroxylation is 1. The molecule has 1 nitrogen and oxygen atoms in total. The van der Waals surface area contributed by atoms with E-state index in [1.54, 1.807) is 0 Å². The molecule has 3 atom stereocenters. The monoisotopic (exact) mass is 204 g/mol. The molecule has 1 aliphatic carbocycles. The summed E-state index contributed by atoms with van der Waals surface area (Å²) in [4.78, 5) is 0. The molecule has 0 aromatic heterocycles. The lowest BCUT2D eigenvalue weighted by atomic mass is 9.89. The van der Waals surface area contributed by atoms with Crippen molar-refractivity contribution in [3.8, 4) is 0 Å². The molecule has 1 fully saturated rings. The molecule has 1 saturated carbocycles. The lowest BCUT2D eigenvalue weighted by molar-refractivity contribution is 0.207. The molecular weight excluding hydrogens is 184 g/mol. The van der Waals surface area contributed by atoms with Crippen LogP contribution in [0.2, 0.25) is 0 Å². The zero-order valence-corrected chi connectivity index (χ0v) is 9.83. The average molecular weight is 204 g/mol. The van der Waals surface area contributed by atoms with E-state index in [1.165, 1.54) is 17.5 Å². The van der Waals surface area contributed by atoms with Crippen molar-refractivity contribution in [1.29, 1.82) is 0 Å². The Hall–Kier alpha value is -0.820. The van der Waals surface area contributed by atoms with Crippen LogP contribution in [-0.4, -0.2) is 11.7 Å². The first-order valence-corrected chi connectivity index (χ1v) is 5.75. The summed E-state index contributed by atoms with van der Waals surface area (Å²) in [6.07, 6.45) is 1.17. The number of aliphatic hydroxyl groups excluding tert-OH is 1. The van der Waals surface area contributed by atoms with Crippen LogP contribution in [0.4, 0.5) is 0 Å². The normalized spacial score (nSPS) is 31.3. The Balaban J connectivity index is 2.17. The summed E-state index contributed by atoms with van der Waals surface area (Å²) in [6.45, 7) is 6.97. The molecule has 0 bridgehead atoms. The van der Waals surface area contributed by atoms with E-state index in [1.807, 2.05) is 0 Å². The largest absolute Gasteiger partial charge is 0.396 e. The van der Waals surface area contributed by atoms with Crippen LogP contribution in [0.3, 0.4) is 0 Å². The molecule has 15 heavy (non-hydrogen) atoms. The Bertz CT molecular complexity index is 358. The van der Waals surface area contributed by atoms with Gasteiger partial charge in [-0.3, -0.25) is 0 Å². The minimum Gasteiger partial charge on any atom is -0.396 e. The Kier molecular flexibility index (Phi) is 2.59. The van der Waals surface area contributed by atoms with Crippen molar-refractivity contribution in [3.05, 3.63) is 35.4 Å². The Morgan fingerprint density at radius 1 is 1.47 bits per heavy atom. The van der Waals surface area contributed by atoms with Gasteiger partial charge < -0.3 is 5.11 Å². The lowest BCUT2D eigenvalue weighted by Crippen LogP contribution is -2.09. The first-order valence-electron chi connectivity index (χ1n) is 5.75. The quantitative estimate of drug-likeness (QED) is 0.802.